The summed E-state index contributed by atoms with van der Waals surface area (Å²) in [5.74, 6) is -0.0435. The first-order valence-corrected chi connectivity index (χ1v) is 3.32. The lowest BCUT2D eigenvalue weighted by Crippen LogP contribution is -1.90. The Bertz CT molecular complexity index is 333. The molecule has 0 saturated heterocycles. The van der Waals surface area contributed by atoms with Crippen molar-refractivity contribution >= 4 is 5.57 Å². The first-order valence-electron chi connectivity index (χ1n) is 3.32. The molecule has 0 aliphatic rings. The van der Waals surface area contributed by atoms with Gasteiger partial charge < -0.3 is 5.11 Å². The average Bonchev–Trinajstić information content (AvgIpc) is 2.07. The molecule has 0 aliphatic heterocycles. The highest BCUT2D eigenvalue weighted by atomic mass is 16.3. The van der Waals surface area contributed by atoms with Gasteiger partial charge in [-0.15, -0.1) is 0 Å². The maximum absolute atomic E-state index is 9.05. The standard InChI is InChI=1S/C8H7N3O/c1-6(12)7(4-9)8-5-10-2-3-11-8/h2-3,5,12H,1H3/b7-6+. The van der Waals surface area contributed by atoms with Gasteiger partial charge in [-0.3, -0.25) is 9.97 Å². The van der Waals surface area contributed by atoms with E-state index in [1.54, 1.807) is 0 Å². The molecule has 0 spiro atoms. The number of allylic oxidation sites excluding steroid dienone is 2. The largest absolute Gasteiger partial charge is 0.511 e. The van der Waals surface area contributed by atoms with Gasteiger partial charge in [0, 0.05) is 12.4 Å². The lowest BCUT2D eigenvalue weighted by atomic mass is 10.2. The van der Waals surface area contributed by atoms with Crippen LogP contribution in [0.15, 0.2) is 24.3 Å². The second kappa shape index (κ2) is 3.49. The van der Waals surface area contributed by atoms with Crippen molar-refractivity contribution in [2.45, 2.75) is 6.92 Å². The fourth-order valence-electron chi connectivity index (χ4n) is 0.752. The van der Waals surface area contributed by atoms with E-state index in [1.807, 2.05) is 6.07 Å². The molecule has 4 heteroatoms. The second-order valence-corrected chi connectivity index (χ2v) is 2.16. The SMILES string of the molecule is C/C(O)=C(/C#N)c1cnccn1. The summed E-state index contributed by atoms with van der Waals surface area (Å²) in [6.07, 6.45) is 4.40. The van der Waals surface area contributed by atoms with Gasteiger partial charge in [-0.1, -0.05) is 0 Å². The summed E-state index contributed by atoms with van der Waals surface area (Å²) in [5.41, 5.74) is 0.545. The molecule has 0 atom stereocenters. The molecule has 12 heavy (non-hydrogen) atoms. The van der Waals surface area contributed by atoms with Crippen molar-refractivity contribution in [3.63, 3.8) is 0 Å². The zero-order valence-electron chi connectivity index (χ0n) is 6.52. The van der Waals surface area contributed by atoms with Gasteiger partial charge in [0.15, 0.2) is 0 Å². The lowest BCUT2D eigenvalue weighted by molar-refractivity contribution is 0.417. The van der Waals surface area contributed by atoms with E-state index in [9.17, 15) is 0 Å². The summed E-state index contributed by atoms with van der Waals surface area (Å²) in [6, 6.07) is 1.84. The van der Waals surface area contributed by atoms with Gasteiger partial charge in [0.25, 0.3) is 0 Å². The predicted octanol–water partition coefficient (Wildman–Crippen LogP) is 1.29. The predicted molar refractivity (Wildman–Crippen MR) is 42.9 cm³/mol. The molecule has 0 amide bonds. The number of hydrogen-bond acceptors (Lipinski definition) is 4. The number of rotatable bonds is 1. The number of nitriles is 1. The Balaban J connectivity index is 3.17. The summed E-state index contributed by atoms with van der Waals surface area (Å²) >= 11 is 0. The van der Waals surface area contributed by atoms with Crippen LogP contribution in [0.4, 0.5) is 0 Å². The van der Waals surface area contributed by atoms with Crippen molar-refractivity contribution in [2.24, 2.45) is 0 Å². The number of hydrogen-bond donors (Lipinski definition) is 1. The quantitative estimate of drug-likeness (QED) is 0.497. The fourth-order valence-corrected chi connectivity index (χ4v) is 0.752. The summed E-state index contributed by atoms with van der Waals surface area (Å²) in [4.78, 5) is 7.65. The van der Waals surface area contributed by atoms with Crippen LogP contribution >= 0.6 is 0 Å². The molecule has 0 bridgehead atoms. The average molecular weight is 161 g/mol. The molecule has 0 saturated carbocycles. The van der Waals surface area contributed by atoms with Crippen LogP contribution in [0.3, 0.4) is 0 Å². The third kappa shape index (κ3) is 1.58. The molecule has 0 aliphatic carbocycles. The monoisotopic (exact) mass is 161 g/mol. The molecular weight excluding hydrogens is 154 g/mol. The summed E-state index contributed by atoms with van der Waals surface area (Å²) in [5, 5.41) is 17.7. The van der Waals surface area contributed by atoms with E-state index < -0.39 is 0 Å². The maximum atomic E-state index is 9.05. The highest BCUT2D eigenvalue weighted by Crippen LogP contribution is 2.11. The molecule has 4 nitrogen and oxygen atoms in total. The minimum Gasteiger partial charge on any atom is -0.511 e. The molecule has 0 fully saturated rings. The molecule has 60 valence electrons. The summed E-state index contributed by atoms with van der Waals surface area (Å²) in [6.45, 7) is 1.44. The van der Waals surface area contributed by atoms with E-state index in [1.165, 1.54) is 25.5 Å². The first-order chi connectivity index (χ1) is 5.75. The Morgan fingerprint density at radius 1 is 1.58 bits per heavy atom. The number of aliphatic hydroxyl groups is 1. The van der Waals surface area contributed by atoms with Crippen LogP contribution in [0.1, 0.15) is 12.6 Å². The van der Waals surface area contributed by atoms with Crippen LogP contribution < -0.4 is 0 Å². The Hall–Kier alpha value is -1.89. The molecule has 0 radical (unpaired) electrons. The van der Waals surface area contributed by atoms with Gasteiger partial charge in [-0.05, 0) is 6.92 Å². The third-order valence-electron chi connectivity index (χ3n) is 1.29. The van der Waals surface area contributed by atoms with Crippen molar-refractivity contribution in [2.75, 3.05) is 0 Å². The second-order valence-electron chi connectivity index (χ2n) is 2.16. The number of nitrogens with zero attached hydrogens (tertiary/aromatic N) is 3. The van der Waals surface area contributed by atoms with Gasteiger partial charge in [-0.2, -0.15) is 5.26 Å². The zero-order chi connectivity index (χ0) is 8.97. The van der Waals surface area contributed by atoms with Crippen molar-refractivity contribution < 1.29 is 5.11 Å². The normalized spacial score (nSPS) is 11.7. The van der Waals surface area contributed by atoms with Gasteiger partial charge in [0.2, 0.25) is 0 Å². The van der Waals surface area contributed by atoms with E-state index >= 15 is 0 Å². The highest BCUT2D eigenvalue weighted by molar-refractivity contribution is 5.75. The van der Waals surface area contributed by atoms with Crippen molar-refractivity contribution in [3.8, 4) is 6.07 Å². The molecular formula is C8H7N3O. The third-order valence-corrected chi connectivity index (χ3v) is 1.29. The van der Waals surface area contributed by atoms with Gasteiger partial charge in [-0.25, -0.2) is 0 Å². The summed E-state index contributed by atoms with van der Waals surface area (Å²) in [7, 11) is 0. The Labute approximate surface area is 69.8 Å². The molecule has 1 aromatic heterocycles. The van der Waals surface area contributed by atoms with E-state index in [0.717, 1.165) is 0 Å². The molecule has 0 unspecified atom stereocenters. The van der Waals surface area contributed by atoms with Crippen LogP contribution in [0.25, 0.3) is 5.57 Å². The van der Waals surface area contributed by atoms with Crippen LogP contribution in [-0.4, -0.2) is 15.1 Å². The Morgan fingerprint density at radius 2 is 2.33 bits per heavy atom. The smallest absolute Gasteiger partial charge is 0.116 e. The molecule has 1 rings (SSSR count). The topological polar surface area (TPSA) is 69.8 Å². The van der Waals surface area contributed by atoms with Crippen molar-refractivity contribution in [3.05, 3.63) is 30.0 Å². The first kappa shape index (κ1) is 8.21. The van der Waals surface area contributed by atoms with Crippen molar-refractivity contribution in [1.29, 1.82) is 5.26 Å². The highest BCUT2D eigenvalue weighted by Gasteiger charge is 2.04. The molecule has 0 aromatic carbocycles. The summed E-state index contributed by atoms with van der Waals surface area (Å²) < 4.78 is 0. The number of aliphatic hydroxyl groups excluding tert-OH is 1. The van der Waals surface area contributed by atoms with Gasteiger partial charge >= 0.3 is 0 Å². The van der Waals surface area contributed by atoms with Crippen LogP contribution in [0.5, 0.6) is 0 Å². The lowest BCUT2D eigenvalue weighted by Gasteiger charge is -1.96. The Morgan fingerprint density at radius 3 is 2.75 bits per heavy atom. The van der Waals surface area contributed by atoms with Crippen LogP contribution in [0, 0.1) is 11.3 Å². The Kier molecular flexibility index (Phi) is 2.38. The van der Waals surface area contributed by atoms with Gasteiger partial charge in [0.1, 0.15) is 23.1 Å². The molecule has 1 aromatic rings. The minimum atomic E-state index is -0.0435. The van der Waals surface area contributed by atoms with E-state index in [-0.39, 0.29) is 11.3 Å². The van der Waals surface area contributed by atoms with Crippen molar-refractivity contribution in [1.82, 2.24) is 9.97 Å². The molecule has 1 heterocycles. The van der Waals surface area contributed by atoms with E-state index in [2.05, 4.69) is 9.97 Å². The van der Waals surface area contributed by atoms with E-state index in [4.69, 9.17) is 10.4 Å². The number of aromatic nitrogens is 2. The maximum Gasteiger partial charge on any atom is 0.116 e. The molecule has 1 N–H and O–H groups in total. The van der Waals surface area contributed by atoms with Gasteiger partial charge in [0.05, 0.1) is 6.20 Å². The van der Waals surface area contributed by atoms with Crippen LogP contribution in [0.2, 0.25) is 0 Å². The zero-order valence-corrected chi connectivity index (χ0v) is 6.52. The fraction of sp³-hybridized carbons (Fsp3) is 0.125. The van der Waals surface area contributed by atoms with Crippen LogP contribution in [-0.2, 0) is 0 Å². The van der Waals surface area contributed by atoms with E-state index in [0.29, 0.717) is 5.69 Å². The minimum absolute atomic E-state index is 0.0435.